The van der Waals surface area contributed by atoms with Gasteiger partial charge >= 0.3 is 5.97 Å². The molecule has 0 unspecified atom stereocenters. The van der Waals surface area contributed by atoms with E-state index in [4.69, 9.17) is 4.74 Å². The van der Waals surface area contributed by atoms with Gasteiger partial charge in [0, 0.05) is 17.2 Å². The largest absolute Gasteiger partial charge is 0.454 e. The van der Waals surface area contributed by atoms with Gasteiger partial charge < -0.3 is 10.1 Å². The van der Waals surface area contributed by atoms with E-state index in [1.165, 1.54) is 0 Å². The van der Waals surface area contributed by atoms with E-state index >= 15 is 0 Å². The van der Waals surface area contributed by atoms with E-state index in [9.17, 15) is 14.4 Å². The molecule has 2 aromatic carbocycles. The fourth-order valence-corrected chi connectivity index (χ4v) is 1.90. The third-order valence-corrected chi connectivity index (χ3v) is 3.34. The molecule has 0 aliphatic carbocycles. The van der Waals surface area contributed by atoms with Gasteiger partial charge in [-0.05, 0) is 36.4 Å². The molecule has 0 aliphatic rings. The number of esters is 1. The molecular formula is C19H19NO4. The molecule has 0 atom stereocenters. The minimum absolute atomic E-state index is 0.0918. The SMILES string of the molecule is CC(C)C(=O)Nc1ccc(C(=O)COC(=O)c2ccccc2)cc1. The van der Waals surface area contributed by atoms with Gasteiger partial charge in [-0.2, -0.15) is 0 Å². The van der Waals surface area contributed by atoms with Gasteiger partial charge in [-0.3, -0.25) is 9.59 Å². The molecular weight excluding hydrogens is 306 g/mol. The zero-order valence-electron chi connectivity index (χ0n) is 13.6. The Kier molecular flexibility index (Phi) is 5.84. The van der Waals surface area contributed by atoms with Crippen LogP contribution in [0.15, 0.2) is 54.6 Å². The molecule has 1 amide bonds. The van der Waals surface area contributed by atoms with Crippen LogP contribution in [0, 0.1) is 5.92 Å². The summed E-state index contributed by atoms with van der Waals surface area (Å²) < 4.78 is 5.01. The average molecular weight is 325 g/mol. The summed E-state index contributed by atoms with van der Waals surface area (Å²) in [5.74, 6) is -1.06. The molecule has 0 fully saturated rings. The number of ether oxygens (including phenoxy) is 1. The number of carbonyl (C=O) groups excluding carboxylic acids is 3. The molecule has 0 bridgehead atoms. The molecule has 124 valence electrons. The average Bonchev–Trinajstić information content (AvgIpc) is 2.60. The quantitative estimate of drug-likeness (QED) is 0.653. The molecule has 1 N–H and O–H groups in total. The molecule has 0 heterocycles. The molecule has 0 saturated heterocycles. The monoisotopic (exact) mass is 325 g/mol. The van der Waals surface area contributed by atoms with Crippen molar-refractivity contribution < 1.29 is 19.1 Å². The Morgan fingerprint density at radius 2 is 1.54 bits per heavy atom. The van der Waals surface area contributed by atoms with Crippen LogP contribution in [0.5, 0.6) is 0 Å². The lowest BCUT2D eigenvalue weighted by Crippen LogP contribution is -2.18. The van der Waals surface area contributed by atoms with Crippen molar-refractivity contribution in [2.24, 2.45) is 5.92 Å². The molecule has 0 spiro atoms. The highest BCUT2D eigenvalue weighted by Gasteiger charge is 2.12. The van der Waals surface area contributed by atoms with Crippen molar-refractivity contribution in [1.82, 2.24) is 0 Å². The Balaban J connectivity index is 1.91. The van der Waals surface area contributed by atoms with E-state index in [1.807, 2.05) is 0 Å². The summed E-state index contributed by atoms with van der Waals surface area (Å²) >= 11 is 0. The third kappa shape index (κ3) is 4.78. The van der Waals surface area contributed by atoms with Gasteiger partial charge in [-0.25, -0.2) is 4.79 Å². The van der Waals surface area contributed by atoms with Gasteiger partial charge in [0.25, 0.3) is 0 Å². The van der Waals surface area contributed by atoms with E-state index < -0.39 is 5.97 Å². The maximum Gasteiger partial charge on any atom is 0.338 e. The van der Waals surface area contributed by atoms with Crippen LogP contribution < -0.4 is 5.32 Å². The summed E-state index contributed by atoms with van der Waals surface area (Å²) in [6, 6.07) is 15.0. The van der Waals surface area contributed by atoms with E-state index in [2.05, 4.69) is 5.32 Å². The number of carbonyl (C=O) groups is 3. The predicted octanol–water partition coefficient (Wildman–Crippen LogP) is 3.32. The highest BCUT2D eigenvalue weighted by atomic mass is 16.5. The molecule has 0 aromatic heterocycles. The van der Waals surface area contributed by atoms with Gasteiger partial charge in [0.1, 0.15) is 0 Å². The molecule has 24 heavy (non-hydrogen) atoms. The smallest absolute Gasteiger partial charge is 0.338 e. The lowest BCUT2D eigenvalue weighted by Gasteiger charge is -2.08. The number of hydrogen-bond donors (Lipinski definition) is 1. The number of anilines is 1. The van der Waals surface area contributed by atoms with E-state index in [1.54, 1.807) is 68.4 Å². The number of amides is 1. The Hall–Kier alpha value is -2.95. The lowest BCUT2D eigenvalue weighted by molar-refractivity contribution is -0.118. The maximum atomic E-state index is 12.1. The van der Waals surface area contributed by atoms with E-state index in [0.29, 0.717) is 16.8 Å². The van der Waals surface area contributed by atoms with Gasteiger partial charge in [-0.1, -0.05) is 32.0 Å². The summed E-state index contributed by atoms with van der Waals surface area (Å²) in [5.41, 5.74) is 1.43. The summed E-state index contributed by atoms with van der Waals surface area (Å²) in [4.78, 5) is 35.5. The number of Topliss-reactive ketones (excluding diaryl/α,β-unsaturated/α-hetero) is 1. The van der Waals surface area contributed by atoms with Crippen molar-refractivity contribution in [3.63, 3.8) is 0 Å². The Bertz CT molecular complexity index is 721. The van der Waals surface area contributed by atoms with Gasteiger partial charge in [0.2, 0.25) is 5.91 Å². The minimum Gasteiger partial charge on any atom is -0.454 e. The Labute approximate surface area is 140 Å². The van der Waals surface area contributed by atoms with Crippen LogP contribution in [0.2, 0.25) is 0 Å². The first-order valence-corrected chi connectivity index (χ1v) is 7.63. The van der Waals surface area contributed by atoms with Crippen LogP contribution in [-0.4, -0.2) is 24.3 Å². The maximum absolute atomic E-state index is 12.1. The Morgan fingerprint density at radius 1 is 0.917 bits per heavy atom. The van der Waals surface area contributed by atoms with Crippen molar-refractivity contribution in [2.45, 2.75) is 13.8 Å². The summed E-state index contributed by atoms with van der Waals surface area (Å²) in [5, 5.41) is 2.74. The first-order valence-electron chi connectivity index (χ1n) is 7.63. The van der Waals surface area contributed by atoms with Crippen LogP contribution in [0.25, 0.3) is 0 Å². The van der Waals surface area contributed by atoms with E-state index in [0.717, 1.165) is 0 Å². The number of benzene rings is 2. The van der Waals surface area contributed by atoms with Gasteiger partial charge in [-0.15, -0.1) is 0 Å². The molecule has 2 aromatic rings. The third-order valence-electron chi connectivity index (χ3n) is 3.34. The molecule has 0 saturated carbocycles. The van der Waals surface area contributed by atoms with E-state index in [-0.39, 0.29) is 24.2 Å². The van der Waals surface area contributed by atoms with Crippen LogP contribution in [-0.2, 0) is 9.53 Å². The summed E-state index contributed by atoms with van der Waals surface area (Å²) in [6.45, 7) is 3.27. The number of rotatable bonds is 6. The molecule has 5 nitrogen and oxygen atoms in total. The second kappa shape index (κ2) is 8.06. The first-order chi connectivity index (χ1) is 11.5. The molecule has 2 rings (SSSR count). The van der Waals surface area contributed by atoms with Crippen molar-refractivity contribution in [3.05, 3.63) is 65.7 Å². The fourth-order valence-electron chi connectivity index (χ4n) is 1.90. The molecule has 0 aliphatic heterocycles. The lowest BCUT2D eigenvalue weighted by atomic mass is 10.1. The second-order valence-corrected chi connectivity index (χ2v) is 5.59. The second-order valence-electron chi connectivity index (χ2n) is 5.59. The predicted molar refractivity (Wildman–Crippen MR) is 91.0 cm³/mol. The minimum atomic E-state index is -0.537. The van der Waals surface area contributed by atoms with Crippen molar-refractivity contribution in [3.8, 4) is 0 Å². The van der Waals surface area contributed by atoms with Crippen molar-refractivity contribution in [1.29, 1.82) is 0 Å². The number of hydrogen-bond acceptors (Lipinski definition) is 4. The number of nitrogens with one attached hydrogen (secondary N) is 1. The van der Waals surface area contributed by atoms with Crippen molar-refractivity contribution in [2.75, 3.05) is 11.9 Å². The van der Waals surface area contributed by atoms with Gasteiger partial charge in [0.05, 0.1) is 5.56 Å². The van der Waals surface area contributed by atoms with Crippen LogP contribution >= 0.6 is 0 Å². The summed E-state index contributed by atoms with van der Waals surface area (Å²) in [6.07, 6.45) is 0. The molecule has 0 radical (unpaired) electrons. The van der Waals surface area contributed by atoms with Gasteiger partial charge in [0.15, 0.2) is 12.4 Å². The highest BCUT2D eigenvalue weighted by Crippen LogP contribution is 2.12. The first kappa shape index (κ1) is 17.4. The highest BCUT2D eigenvalue weighted by molar-refractivity contribution is 6.00. The number of ketones is 1. The summed E-state index contributed by atoms with van der Waals surface area (Å²) in [7, 11) is 0. The normalized spacial score (nSPS) is 10.3. The zero-order valence-corrected chi connectivity index (χ0v) is 13.6. The Morgan fingerprint density at radius 3 is 2.12 bits per heavy atom. The topological polar surface area (TPSA) is 72.5 Å². The van der Waals surface area contributed by atoms with Crippen LogP contribution in [0.3, 0.4) is 0 Å². The zero-order chi connectivity index (χ0) is 17.5. The molecule has 5 heteroatoms. The van der Waals surface area contributed by atoms with Crippen LogP contribution in [0.4, 0.5) is 5.69 Å². The van der Waals surface area contributed by atoms with Crippen molar-refractivity contribution >= 4 is 23.3 Å². The fraction of sp³-hybridized carbons (Fsp3) is 0.211. The van der Waals surface area contributed by atoms with Crippen LogP contribution in [0.1, 0.15) is 34.6 Å². The standard InChI is InChI=1S/C19H19NO4/c1-13(2)18(22)20-16-10-8-14(9-11-16)17(21)12-24-19(23)15-6-4-3-5-7-15/h3-11,13H,12H2,1-2H3,(H,20,22).